The van der Waals surface area contributed by atoms with Crippen LogP contribution < -0.4 is 14.8 Å². The third-order valence-corrected chi connectivity index (χ3v) is 4.96. The minimum atomic E-state index is -3.70. The van der Waals surface area contributed by atoms with Gasteiger partial charge in [-0.3, -0.25) is 4.79 Å². The van der Waals surface area contributed by atoms with Crippen molar-refractivity contribution in [1.82, 2.24) is 20.2 Å². The Hall–Kier alpha value is -3.21. The summed E-state index contributed by atoms with van der Waals surface area (Å²) >= 11 is 1.15. The Balaban J connectivity index is 1.41. The molecular formula is C18H15F2N5O3S. The molecule has 29 heavy (non-hydrogen) atoms. The highest BCUT2D eigenvalue weighted by atomic mass is 32.2. The van der Waals surface area contributed by atoms with Crippen molar-refractivity contribution in [3.63, 3.8) is 0 Å². The second-order valence-electron chi connectivity index (χ2n) is 6.33. The van der Waals surface area contributed by atoms with Crippen LogP contribution in [0.4, 0.5) is 14.5 Å². The normalized spacial score (nSPS) is 14.1. The number of amides is 1. The molecule has 0 spiro atoms. The molecule has 3 aromatic rings. The molecule has 1 N–H and O–H groups in total. The summed E-state index contributed by atoms with van der Waals surface area (Å²) in [6.45, 7) is 3.95. The summed E-state index contributed by atoms with van der Waals surface area (Å²) in [7, 11) is 0. The molecule has 0 radical (unpaired) electrons. The molecule has 0 unspecified atom stereocenters. The number of rotatable bonds is 5. The van der Waals surface area contributed by atoms with E-state index < -0.39 is 6.29 Å². The number of carbonyl (C=O) groups is 1. The monoisotopic (exact) mass is 419 g/mol. The summed E-state index contributed by atoms with van der Waals surface area (Å²) in [4.78, 5) is 12.3. The average molecular weight is 419 g/mol. The van der Waals surface area contributed by atoms with E-state index >= 15 is 0 Å². The smallest absolute Gasteiger partial charge is 0.395 e. The first-order valence-corrected chi connectivity index (χ1v) is 9.48. The predicted molar refractivity (Wildman–Crippen MR) is 101 cm³/mol. The minimum absolute atomic E-state index is 0.0237. The van der Waals surface area contributed by atoms with E-state index in [1.54, 1.807) is 4.68 Å². The van der Waals surface area contributed by atoms with E-state index in [1.807, 2.05) is 32.0 Å². The largest absolute Gasteiger partial charge is 0.586 e. The lowest BCUT2D eigenvalue weighted by atomic mass is 10.1. The maximum atomic E-state index is 13.1. The Morgan fingerprint density at radius 1 is 1.17 bits per heavy atom. The molecule has 150 valence electrons. The maximum absolute atomic E-state index is 13.1. The molecule has 0 saturated carbocycles. The van der Waals surface area contributed by atoms with Gasteiger partial charge >= 0.3 is 6.29 Å². The van der Waals surface area contributed by atoms with Gasteiger partial charge in [0, 0.05) is 11.8 Å². The van der Waals surface area contributed by atoms with Gasteiger partial charge in [-0.2, -0.15) is 4.68 Å². The molecule has 0 atom stereocenters. The molecule has 2 heterocycles. The highest BCUT2D eigenvalue weighted by Gasteiger charge is 2.43. The maximum Gasteiger partial charge on any atom is 0.586 e. The van der Waals surface area contributed by atoms with Crippen molar-refractivity contribution in [2.75, 3.05) is 11.1 Å². The first-order chi connectivity index (χ1) is 13.8. The Labute approximate surface area is 168 Å². The molecule has 1 aliphatic rings. The van der Waals surface area contributed by atoms with E-state index in [0.29, 0.717) is 10.8 Å². The van der Waals surface area contributed by atoms with Crippen molar-refractivity contribution in [3.8, 4) is 17.2 Å². The highest BCUT2D eigenvalue weighted by Crippen LogP contribution is 2.42. The number of anilines is 1. The Kier molecular flexibility index (Phi) is 4.82. The van der Waals surface area contributed by atoms with Crippen LogP contribution in [0.5, 0.6) is 11.5 Å². The number of benzene rings is 2. The SMILES string of the molecule is Cc1ccc(-n2nnnc2SCC(=O)Nc2ccc3c(c2)OC(F)(F)O3)c(C)c1. The van der Waals surface area contributed by atoms with Crippen molar-refractivity contribution in [3.05, 3.63) is 47.5 Å². The molecule has 4 rings (SSSR count). The number of tetrazole rings is 1. The number of carbonyl (C=O) groups excluding carboxylic acids is 1. The van der Waals surface area contributed by atoms with Crippen LogP contribution in [0.2, 0.25) is 0 Å². The zero-order valence-corrected chi connectivity index (χ0v) is 16.2. The molecule has 0 aliphatic carbocycles. The molecule has 8 nitrogen and oxygen atoms in total. The lowest BCUT2D eigenvalue weighted by Gasteiger charge is -2.09. The number of aryl methyl sites for hydroxylation is 2. The summed E-state index contributed by atoms with van der Waals surface area (Å²) in [5, 5.41) is 14.7. The first kappa shape index (κ1) is 19.1. The number of aromatic nitrogens is 4. The Morgan fingerprint density at radius 3 is 2.76 bits per heavy atom. The van der Waals surface area contributed by atoms with E-state index in [4.69, 9.17) is 0 Å². The fraction of sp³-hybridized carbons (Fsp3) is 0.222. The van der Waals surface area contributed by atoms with Gasteiger partial charge in [-0.05, 0) is 48.0 Å². The fourth-order valence-corrected chi connectivity index (χ4v) is 3.50. The van der Waals surface area contributed by atoms with Crippen molar-refractivity contribution in [2.45, 2.75) is 25.3 Å². The second kappa shape index (κ2) is 7.32. The lowest BCUT2D eigenvalue weighted by Crippen LogP contribution is -2.25. The van der Waals surface area contributed by atoms with E-state index in [1.165, 1.54) is 18.2 Å². The van der Waals surface area contributed by atoms with Gasteiger partial charge in [-0.25, -0.2) is 0 Å². The van der Waals surface area contributed by atoms with E-state index in [0.717, 1.165) is 28.6 Å². The van der Waals surface area contributed by atoms with Gasteiger partial charge in [-0.15, -0.1) is 13.9 Å². The Morgan fingerprint density at radius 2 is 1.97 bits per heavy atom. The predicted octanol–water partition coefficient (Wildman–Crippen LogP) is 3.33. The number of thioether (sulfide) groups is 1. The number of nitrogens with one attached hydrogen (secondary N) is 1. The van der Waals surface area contributed by atoms with Crippen LogP contribution in [0.1, 0.15) is 11.1 Å². The van der Waals surface area contributed by atoms with E-state index in [9.17, 15) is 13.6 Å². The van der Waals surface area contributed by atoms with Gasteiger partial charge in [0.25, 0.3) is 0 Å². The average Bonchev–Trinajstić information content (AvgIpc) is 3.22. The number of alkyl halides is 2. The van der Waals surface area contributed by atoms with Gasteiger partial charge in [0.15, 0.2) is 11.5 Å². The van der Waals surface area contributed by atoms with Gasteiger partial charge in [-0.1, -0.05) is 29.5 Å². The third-order valence-electron chi connectivity index (χ3n) is 4.04. The summed E-state index contributed by atoms with van der Waals surface area (Å²) in [5.74, 6) is -0.555. The Bertz CT molecular complexity index is 1090. The summed E-state index contributed by atoms with van der Waals surface area (Å²) in [6, 6.07) is 9.91. The van der Waals surface area contributed by atoms with Crippen molar-refractivity contribution >= 4 is 23.4 Å². The molecule has 1 amide bonds. The number of halogens is 2. The van der Waals surface area contributed by atoms with Gasteiger partial charge in [0.2, 0.25) is 11.1 Å². The zero-order chi connectivity index (χ0) is 20.6. The lowest BCUT2D eigenvalue weighted by molar-refractivity contribution is -0.286. The van der Waals surface area contributed by atoms with Gasteiger partial charge < -0.3 is 14.8 Å². The number of nitrogens with zero attached hydrogens (tertiary/aromatic N) is 4. The van der Waals surface area contributed by atoms with Crippen LogP contribution in [-0.2, 0) is 4.79 Å². The van der Waals surface area contributed by atoms with Gasteiger partial charge in [0.1, 0.15) is 0 Å². The van der Waals surface area contributed by atoms with Crippen LogP contribution in [-0.4, -0.2) is 38.2 Å². The molecule has 2 aromatic carbocycles. The highest BCUT2D eigenvalue weighted by molar-refractivity contribution is 7.99. The second-order valence-corrected chi connectivity index (χ2v) is 7.27. The van der Waals surface area contributed by atoms with Crippen LogP contribution in [0.15, 0.2) is 41.6 Å². The quantitative estimate of drug-likeness (QED) is 0.634. The number of ether oxygens (including phenoxy) is 2. The standard InChI is InChI=1S/C18H15F2N5O3S/c1-10-3-5-13(11(2)7-10)25-17(22-23-24-25)29-9-16(26)21-12-4-6-14-15(8-12)28-18(19,20)27-14/h3-8H,9H2,1-2H3,(H,21,26). The van der Waals surface area contributed by atoms with Crippen LogP contribution in [0.3, 0.4) is 0 Å². The molecular weight excluding hydrogens is 404 g/mol. The number of hydrogen-bond acceptors (Lipinski definition) is 7. The minimum Gasteiger partial charge on any atom is -0.395 e. The van der Waals surface area contributed by atoms with Gasteiger partial charge in [0.05, 0.1) is 11.4 Å². The molecule has 0 bridgehead atoms. The number of fused-ring (bicyclic) bond motifs is 1. The molecule has 11 heteroatoms. The first-order valence-electron chi connectivity index (χ1n) is 8.49. The molecule has 1 aliphatic heterocycles. The fourth-order valence-electron chi connectivity index (χ4n) is 2.82. The number of hydrogen-bond donors (Lipinski definition) is 1. The summed E-state index contributed by atoms with van der Waals surface area (Å²) in [5.41, 5.74) is 3.25. The van der Waals surface area contributed by atoms with Crippen LogP contribution in [0, 0.1) is 13.8 Å². The topological polar surface area (TPSA) is 91.2 Å². The third kappa shape index (κ3) is 4.14. The molecule has 1 aromatic heterocycles. The van der Waals surface area contributed by atoms with Crippen LogP contribution in [0.25, 0.3) is 5.69 Å². The van der Waals surface area contributed by atoms with Crippen LogP contribution >= 0.6 is 11.8 Å². The molecule has 0 saturated heterocycles. The zero-order valence-electron chi connectivity index (χ0n) is 15.3. The van der Waals surface area contributed by atoms with Crippen molar-refractivity contribution < 1.29 is 23.0 Å². The van der Waals surface area contributed by atoms with E-state index in [-0.39, 0.29) is 23.2 Å². The van der Waals surface area contributed by atoms with E-state index in [2.05, 4.69) is 30.3 Å². The summed E-state index contributed by atoms with van der Waals surface area (Å²) < 4.78 is 36.4. The van der Waals surface area contributed by atoms with Crippen molar-refractivity contribution in [2.24, 2.45) is 0 Å². The molecule has 0 fully saturated rings. The van der Waals surface area contributed by atoms with Crippen molar-refractivity contribution in [1.29, 1.82) is 0 Å². The summed E-state index contributed by atoms with van der Waals surface area (Å²) in [6.07, 6.45) is -3.70.